The first-order chi connectivity index (χ1) is 18.3. The predicted molar refractivity (Wildman–Crippen MR) is 151 cm³/mol. The molecule has 38 heavy (non-hydrogen) atoms. The summed E-state index contributed by atoms with van der Waals surface area (Å²) in [6.45, 7) is 4.86. The van der Waals surface area contributed by atoms with Crippen molar-refractivity contribution in [3.63, 3.8) is 0 Å². The molecule has 1 aliphatic heterocycles. The third kappa shape index (κ3) is 4.79. The van der Waals surface area contributed by atoms with Crippen LogP contribution in [0.1, 0.15) is 63.9 Å². The second kappa shape index (κ2) is 10.8. The molecule has 0 unspecified atom stereocenters. The van der Waals surface area contributed by atoms with E-state index in [0.717, 1.165) is 42.6 Å². The monoisotopic (exact) mass is 647 g/mol. The Morgan fingerprint density at radius 1 is 0.921 bits per heavy atom. The number of nitrogens with zero attached hydrogens (tertiary/aromatic N) is 1. The van der Waals surface area contributed by atoms with Crippen LogP contribution in [0.25, 0.3) is 0 Å². The molecule has 1 heterocycles. The summed E-state index contributed by atoms with van der Waals surface area (Å²) in [4.78, 5) is 29.0. The maximum atomic E-state index is 13.4. The van der Waals surface area contributed by atoms with Gasteiger partial charge in [-0.15, -0.1) is 0 Å². The number of hydrogen-bond acceptors (Lipinski definition) is 7. The molecule has 2 aromatic carbocycles. The summed E-state index contributed by atoms with van der Waals surface area (Å²) in [6, 6.07) is 11.5. The summed E-state index contributed by atoms with van der Waals surface area (Å²) in [5.74, 6) is -0.00270. The number of ether oxygens (including phenoxy) is 1. The van der Waals surface area contributed by atoms with E-state index in [-0.39, 0.29) is 34.6 Å². The highest BCUT2D eigenvalue weighted by Crippen LogP contribution is 2.50. The van der Waals surface area contributed by atoms with Gasteiger partial charge >= 0.3 is 10.1 Å². The number of benzene rings is 2. The molecule has 2 aliphatic carbocycles. The lowest BCUT2D eigenvalue weighted by atomic mass is 9.71. The molecule has 0 aromatic heterocycles. The standard InChI is InChI=1S/C29H30INO6S/c1-3-31-21-12-8-14-23(32)27(21)26(28-22(31)13-9-15-24(28)33)18-16-20(30)29(25(17-18)36-4-2)37-38(34,35)19-10-6-5-7-11-19/h5-7,10-11,16-17,26H,3-4,8-9,12-15H2,1-2H3. The fraction of sp³-hybridized carbons (Fsp3) is 0.379. The summed E-state index contributed by atoms with van der Waals surface area (Å²) in [5.41, 5.74) is 4.15. The molecule has 3 aliphatic rings. The molecule has 0 spiro atoms. The Morgan fingerprint density at radius 2 is 1.53 bits per heavy atom. The van der Waals surface area contributed by atoms with Crippen molar-refractivity contribution in [2.75, 3.05) is 13.2 Å². The van der Waals surface area contributed by atoms with Gasteiger partial charge in [0.1, 0.15) is 4.90 Å². The molecule has 0 amide bonds. The zero-order valence-electron chi connectivity index (χ0n) is 21.5. The number of carbonyl (C=O) groups excluding carboxylic acids is 2. The van der Waals surface area contributed by atoms with Gasteiger partial charge in [-0.2, -0.15) is 8.42 Å². The van der Waals surface area contributed by atoms with Gasteiger partial charge in [0.15, 0.2) is 23.1 Å². The minimum atomic E-state index is -4.10. The lowest BCUT2D eigenvalue weighted by Crippen LogP contribution is -2.39. The van der Waals surface area contributed by atoms with Crippen LogP contribution in [0.3, 0.4) is 0 Å². The maximum absolute atomic E-state index is 13.4. The van der Waals surface area contributed by atoms with Crippen molar-refractivity contribution in [3.8, 4) is 11.5 Å². The van der Waals surface area contributed by atoms with Gasteiger partial charge in [-0.05, 0) is 92.0 Å². The van der Waals surface area contributed by atoms with Crippen molar-refractivity contribution in [3.05, 3.63) is 74.1 Å². The molecular formula is C29H30INO6S. The number of Topliss-reactive ketones (excluding diaryl/α,β-unsaturated/α-hetero) is 2. The van der Waals surface area contributed by atoms with Crippen LogP contribution in [0.5, 0.6) is 11.5 Å². The van der Waals surface area contributed by atoms with Gasteiger partial charge in [-0.3, -0.25) is 9.59 Å². The molecule has 2 aromatic rings. The summed E-state index contributed by atoms with van der Waals surface area (Å²) < 4.78 is 38.1. The van der Waals surface area contributed by atoms with E-state index in [1.165, 1.54) is 12.1 Å². The highest BCUT2D eigenvalue weighted by Gasteiger charge is 2.43. The Labute approximate surface area is 237 Å². The van der Waals surface area contributed by atoms with Gasteiger partial charge in [0.2, 0.25) is 0 Å². The minimum Gasteiger partial charge on any atom is -0.490 e. The second-order valence-corrected chi connectivity index (χ2v) is 12.3. The molecule has 5 rings (SSSR count). The van der Waals surface area contributed by atoms with Crippen molar-refractivity contribution < 1.29 is 26.9 Å². The van der Waals surface area contributed by atoms with Gasteiger partial charge in [0, 0.05) is 47.8 Å². The Bertz CT molecular complexity index is 1420. The van der Waals surface area contributed by atoms with Gasteiger partial charge in [0.25, 0.3) is 0 Å². The van der Waals surface area contributed by atoms with E-state index < -0.39 is 16.0 Å². The lowest BCUT2D eigenvalue weighted by molar-refractivity contribution is -0.117. The van der Waals surface area contributed by atoms with E-state index in [4.69, 9.17) is 8.92 Å². The largest absolute Gasteiger partial charge is 0.490 e. The minimum absolute atomic E-state index is 0.0412. The Hall–Kier alpha value is -2.66. The maximum Gasteiger partial charge on any atom is 0.339 e. The highest BCUT2D eigenvalue weighted by atomic mass is 127. The summed E-state index contributed by atoms with van der Waals surface area (Å²) in [7, 11) is -4.10. The first kappa shape index (κ1) is 26.9. The molecule has 0 bridgehead atoms. The predicted octanol–water partition coefficient (Wildman–Crippen LogP) is 5.89. The number of carbonyl (C=O) groups is 2. The first-order valence-corrected chi connectivity index (χ1v) is 15.5. The fourth-order valence-electron chi connectivity index (χ4n) is 5.77. The molecule has 0 atom stereocenters. The number of hydrogen-bond donors (Lipinski definition) is 0. The lowest BCUT2D eigenvalue weighted by Gasteiger charge is -2.43. The second-order valence-electron chi connectivity index (χ2n) is 9.56. The van der Waals surface area contributed by atoms with Crippen molar-refractivity contribution >= 4 is 44.3 Å². The summed E-state index contributed by atoms with van der Waals surface area (Å²) in [5, 5.41) is 0. The molecular weight excluding hydrogens is 617 g/mol. The quantitative estimate of drug-likeness (QED) is 0.274. The Morgan fingerprint density at radius 3 is 2.08 bits per heavy atom. The van der Waals surface area contributed by atoms with Crippen LogP contribution in [0.4, 0.5) is 0 Å². The SMILES string of the molecule is CCOc1cc(C2C3=C(CCCC3=O)N(CC)C3=C2C(=O)CCC3)cc(I)c1OS(=O)(=O)c1ccccc1. The van der Waals surface area contributed by atoms with E-state index >= 15 is 0 Å². The first-order valence-electron chi connectivity index (χ1n) is 13.0. The van der Waals surface area contributed by atoms with E-state index in [2.05, 4.69) is 11.8 Å². The van der Waals surface area contributed by atoms with Crippen LogP contribution in [-0.4, -0.2) is 38.0 Å². The van der Waals surface area contributed by atoms with Crippen LogP contribution in [0.2, 0.25) is 0 Å². The molecule has 0 saturated heterocycles. The smallest absolute Gasteiger partial charge is 0.339 e. The zero-order valence-corrected chi connectivity index (χ0v) is 24.4. The van der Waals surface area contributed by atoms with Gasteiger partial charge in [0.05, 0.1) is 10.2 Å². The van der Waals surface area contributed by atoms with E-state index in [9.17, 15) is 18.0 Å². The average molecular weight is 648 g/mol. The highest BCUT2D eigenvalue weighted by molar-refractivity contribution is 14.1. The van der Waals surface area contributed by atoms with E-state index in [0.29, 0.717) is 34.1 Å². The third-order valence-corrected chi connectivity index (χ3v) is 9.33. The number of halogens is 1. The average Bonchev–Trinajstić information content (AvgIpc) is 2.90. The molecule has 200 valence electrons. The number of allylic oxidation sites excluding steroid dienone is 4. The van der Waals surface area contributed by atoms with E-state index in [1.54, 1.807) is 24.3 Å². The van der Waals surface area contributed by atoms with Crippen LogP contribution in [0, 0.1) is 3.57 Å². The zero-order chi connectivity index (χ0) is 27.0. The van der Waals surface area contributed by atoms with Crippen molar-refractivity contribution in [1.29, 1.82) is 0 Å². The van der Waals surface area contributed by atoms with Crippen molar-refractivity contribution in [2.45, 2.75) is 63.2 Å². The topological polar surface area (TPSA) is 90.0 Å². The third-order valence-electron chi connectivity index (χ3n) is 7.29. The normalized spacial score (nSPS) is 18.4. The van der Waals surface area contributed by atoms with Crippen LogP contribution in [-0.2, 0) is 19.7 Å². The summed E-state index contributed by atoms with van der Waals surface area (Å²) >= 11 is 2.04. The summed E-state index contributed by atoms with van der Waals surface area (Å²) in [6.07, 6.45) is 4.09. The van der Waals surface area contributed by atoms with Crippen LogP contribution in [0.15, 0.2) is 69.9 Å². The molecule has 0 radical (unpaired) electrons. The number of rotatable bonds is 7. The van der Waals surface area contributed by atoms with Gasteiger partial charge < -0.3 is 13.8 Å². The molecule has 0 fully saturated rings. The molecule has 0 saturated carbocycles. The molecule has 7 nitrogen and oxygen atoms in total. The van der Waals surface area contributed by atoms with Crippen molar-refractivity contribution in [1.82, 2.24) is 4.90 Å². The van der Waals surface area contributed by atoms with Gasteiger partial charge in [-0.1, -0.05) is 18.2 Å². The van der Waals surface area contributed by atoms with Gasteiger partial charge in [-0.25, -0.2) is 0 Å². The molecule has 9 heteroatoms. The van der Waals surface area contributed by atoms with E-state index in [1.807, 2.05) is 35.6 Å². The van der Waals surface area contributed by atoms with Crippen molar-refractivity contribution in [2.24, 2.45) is 0 Å². The van der Waals surface area contributed by atoms with Crippen LogP contribution >= 0.6 is 22.6 Å². The molecule has 0 N–H and O–H groups in total. The fourth-order valence-corrected chi connectivity index (χ4v) is 7.64. The Kier molecular flexibility index (Phi) is 7.68. The number of ketones is 2. The van der Waals surface area contributed by atoms with Crippen LogP contribution < -0.4 is 8.92 Å². The Balaban J connectivity index is 1.67.